The summed E-state index contributed by atoms with van der Waals surface area (Å²) < 4.78 is 13.4. The van der Waals surface area contributed by atoms with Gasteiger partial charge in [-0.3, -0.25) is 4.98 Å². The minimum absolute atomic E-state index is 0.308. The summed E-state index contributed by atoms with van der Waals surface area (Å²) in [4.78, 5) is 14.6. The van der Waals surface area contributed by atoms with Gasteiger partial charge in [-0.15, -0.1) is 0 Å². The summed E-state index contributed by atoms with van der Waals surface area (Å²) in [5.41, 5.74) is 1.48. The van der Waals surface area contributed by atoms with E-state index in [9.17, 15) is 9.18 Å². The van der Waals surface area contributed by atoms with Crippen LogP contribution in [0.2, 0.25) is 0 Å². The lowest BCUT2D eigenvalue weighted by Gasteiger charge is -2.06. The fourth-order valence-corrected chi connectivity index (χ4v) is 1.69. The van der Waals surface area contributed by atoms with Crippen molar-refractivity contribution in [3.8, 4) is 0 Å². The van der Waals surface area contributed by atoms with Crippen LogP contribution in [-0.2, 0) is 13.1 Å². The van der Waals surface area contributed by atoms with Gasteiger partial charge in [0.1, 0.15) is 5.82 Å². The molecule has 0 fully saturated rings. The lowest BCUT2D eigenvalue weighted by Crippen LogP contribution is -2.13. The standard InChI is InChI=1S/C14H13FN2O2/c15-13-7-11(1-2-12(13)14(18)19)9-17-8-10-3-5-16-6-4-10/h1-7,17H,8-9H2,(H,18,19). The molecule has 1 aromatic carbocycles. The van der Waals surface area contributed by atoms with Crippen LogP contribution in [-0.4, -0.2) is 16.1 Å². The smallest absolute Gasteiger partial charge is 0.338 e. The van der Waals surface area contributed by atoms with E-state index in [1.165, 1.54) is 12.1 Å². The number of carboxylic acid groups (broad SMARTS) is 1. The third-order valence-corrected chi connectivity index (χ3v) is 2.67. The molecule has 2 N–H and O–H groups in total. The molecule has 0 saturated carbocycles. The molecule has 0 unspecified atom stereocenters. The van der Waals surface area contributed by atoms with Crippen LogP contribution in [0.25, 0.3) is 0 Å². The van der Waals surface area contributed by atoms with E-state index < -0.39 is 11.8 Å². The predicted octanol–water partition coefficient (Wildman–Crippen LogP) is 2.21. The van der Waals surface area contributed by atoms with Crippen molar-refractivity contribution in [1.82, 2.24) is 10.3 Å². The average molecular weight is 260 g/mol. The third-order valence-electron chi connectivity index (χ3n) is 2.67. The van der Waals surface area contributed by atoms with E-state index in [-0.39, 0.29) is 5.56 Å². The number of hydrogen-bond donors (Lipinski definition) is 2. The van der Waals surface area contributed by atoms with Crippen molar-refractivity contribution in [2.24, 2.45) is 0 Å². The maximum atomic E-state index is 13.4. The molecule has 0 aliphatic heterocycles. The number of aromatic carboxylic acids is 1. The van der Waals surface area contributed by atoms with Crippen molar-refractivity contribution < 1.29 is 14.3 Å². The van der Waals surface area contributed by atoms with Crippen molar-refractivity contribution >= 4 is 5.97 Å². The van der Waals surface area contributed by atoms with E-state index in [0.29, 0.717) is 18.7 Å². The normalized spacial score (nSPS) is 10.4. The average Bonchev–Trinajstić information content (AvgIpc) is 2.39. The summed E-state index contributed by atoms with van der Waals surface area (Å²) in [7, 11) is 0. The van der Waals surface area contributed by atoms with Gasteiger partial charge in [-0.1, -0.05) is 6.07 Å². The molecule has 0 aliphatic carbocycles. The number of carbonyl (C=O) groups is 1. The van der Waals surface area contributed by atoms with Gasteiger partial charge in [0, 0.05) is 25.5 Å². The van der Waals surface area contributed by atoms with E-state index >= 15 is 0 Å². The zero-order valence-corrected chi connectivity index (χ0v) is 10.1. The first-order chi connectivity index (χ1) is 9.16. The molecule has 1 aromatic heterocycles. The number of rotatable bonds is 5. The van der Waals surface area contributed by atoms with Crippen molar-refractivity contribution in [2.75, 3.05) is 0 Å². The van der Waals surface area contributed by atoms with Gasteiger partial charge >= 0.3 is 5.97 Å². The van der Waals surface area contributed by atoms with Crippen LogP contribution >= 0.6 is 0 Å². The summed E-state index contributed by atoms with van der Waals surface area (Å²) >= 11 is 0. The third kappa shape index (κ3) is 3.59. The first-order valence-corrected chi connectivity index (χ1v) is 5.78. The maximum Gasteiger partial charge on any atom is 0.338 e. The van der Waals surface area contributed by atoms with E-state index in [2.05, 4.69) is 10.3 Å². The van der Waals surface area contributed by atoms with Gasteiger partial charge in [-0.2, -0.15) is 0 Å². The molecule has 0 spiro atoms. The summed E-state index contributed by atoms with van der Waals surface area (Å²) in [6.07, 6.45) is 3.41. The molecule has 0 bridgehead atoms. The number of hydrogen-bond acceptors (Lipinski definition) is 3. The second-order valence-electron chi connectivity index (χ2n) is 4.08. The lowest BCUT2D eigenvalue weighted by atomic mass is 10.1. The van der Waals surface area contributed by atoms with Crippen LogP contribution < -0.4 is 5.32 Å². The fourth-order valence-electron chi connectivity index (χ4n) is 1.69. The highest BCUT2D eigenvalue weighted by atomic mass is 19.1. The molecule has 0 atom stereocenters. The fraction of sp³-hybridized carbons (Fsp3) is 0.143. The van der Waals surface area contributed by atoms with E-state index in [1.807, 2.05) is 12.1 Å². The van der Waals surface area contributed by atoms with Crippen molar-refractivity contribution in [3.63, 3.8) is 0 Å². The van der Waals surface area contributed by atoms with Crippen LogP contribution in [0.1, 0.15) is 21.5 Å². The Bertz CT molecular complexity index is 573. The van der Waals surface area contributed by atoms with Crippen LogP contribution in [0.5, 0.6) is 0 Å². The second kappa shape index (κ2) is 6.06. The molecule has 0 amide bonds. The second-order valence-corrected chi connectivity index (χ2v) is 4.08. The molecular weight excluding hydrogens is 247 g/mol. The molecule has 4 nitrogen and oxygen atoms in total. The molecule has 0 saturated heterocycles. The van der Waals surface area contributed by atoms with E-state index in [1.54, 1.807) is 18.5 Å². The van der Waals surface area contributed by atoms with Gasteiger partial charge in [0.2, 0.25) is 0 Å². The summed E-state index contributed by atoms with van der Waals surface area (Å²) in [5.74, 6) is -1.97. The molecule has 19 heavy (non-hydrogen) atoms. The van der Waals surface area contributed by atoms with Crippen LogP contribution in [0.3, 0.4) is 0 Å². The number of nitrogens with zero attached hydrogens (tertiary/aromatic N) is 1. The predicted molar refractivity (Wildman–Crippen MR) is 68.1 cm³/mol. The summed E-state index contributed by atoms with van der Waals surface area (Å²) in [6, 6.07) is 7.90. The largest absolute Gasteiger partial charge is 0.478 e. The maximum absolute atomic E-state index is 13.4. The highest BCUT2D eigenvalue weighted by Crippen LogP contribution is 2.10. The summed E-state index contributed by atoms with van der Waals surface area (Å²) in [6.45, 7) is 1.12. The minimum atomic E-state index is -1.26. The Morgan fingerprint density at radius 1 is 1.16 bits per heavy atom. The number of nitrogens with one attached hydrogen (secondary N) is 1. The lowest BCUT2D eigenvalue weighted by molar-refractivity contribution is 0.0692. The van der Waals surface area contributed by atoms with Crippen molar-refractivity contribution in [1.29, 1.82) is 0 Å². The first-order valence-electron chi connectivity index (χ1n) is 5.78. The van der Waals surface area contributed by atoms with Gasteiger partial charge in [-0.05, 0) is 35.4 Å². The minimum Gasteiger partial charge on any atom is -0.478 e. The zero-order valence-electron chi connectivity index (χ0n) is 10.1. The molecule has 0 aliphatic rings. The van der Waals surface area contributed by atoms with Crippen LogP contribution in [0.4, 0.5) is 4.39 Å². The molecule has 2 rings (SSSR count). The molecule has 98 valence electrons. The Hall–Kier alpha value is -2.27. The number of carboxylic acids is 1. The SMILES string of the molecule is O=C(O)c1ccc(CNCc2ccncc2)cc1F. The highest BCUT2D eigenvalue weighted by Gasteiger charge is 2.09. The molecule has 5 heteroatoms. The Kier molecular flexibility index (Phi) is 4.20. The quantitative estimate of drug-likeness (QED) is 0.865. The van der Waals surface area contributed by atoms with Gasteiger partial charge in [0.25, 0.3) is 0 Å². The summed E-state index contributed by atoms with van der Waals surface area (Å²) in [5, 5.41) is 11.9. The Labute approximate surface area is 109 Å². The van der Waals surface area contributed by atoms with Gasteiger partial charge in [0.05, 0.1) is 5.56 Å². The van der Waals surface area contributed by atoms with Crippen LogP contribution in [0.15, 0.2) is 42.7 Å². The number of halogens is 1. The Balaban J connectivity index is 1.93. The topological polar surface area (TPSA) is 62.2 Å². The zero-order chi connectivity index (χ0) is 13.7. The Morgan fingerprint density at radius 2 is 1.84 bits per heavy atom. The van der Waals surface area contributed by atoms with Gasteiger partial charge in [0.15, 0.2) is 0 Å². The van der Waals surface area contributed by atoms with E-state index in [0.717, 1.165) is 5.56 Å². The van der Waals surface area contributed by atoms with Crippen molar-refractivity contribution in [2.45, 2.75) is 13.1 Å². The highest BCUT2D eigenvalue weighted by molar-refractivity contribution is 5.87. The number of pyridine rings is 1. The van der Waals surface area contributed by atoms with Crippen molar-refractivity contribution in [3.05, 3.63) is 65.2 Å². The molecular formula is C14H13FN2O2. The Morgan fingerprint density at radius 3 is 2.47 bits per heavy atom. The molecule has 1 heterocycles. The van der Waals surface area contributed by atoms with Crippen LogP contribution in [0, 0.1) is 5.82 Å². The first kappa shape index (κ1) is 13.2. The molecule has 0 radical (unpaired) electrons. The monoisotopic (exact) mass is 260 g/mol. The van der Waals surface area contributed by atoms with E-state index in [4.69, 9.17) is 5.11 Å². The van der Waals surface area contributed by atoms with Gasteiger partial charge in [-0.25, -0.2) is 9.18 Å². The van der Waals surface area contributed by atoms with Gasteiger partial charge < -0.3 is 10.4 Å². The number of benzene rings is 1. The number of aromatic nitrogens is 1. The molecule has 2 aromatic rings.